The lowest BCUT2D eigenvalue weighted by atomic mass is 9.88. The third-order valence-corrected chi connectivity index (χ3v) is 2.83. The fourth-order valence-electron chi connectivity index (χ4n) is 1.98. The second-order valence-electron chi connectivity index (χ2n) is 4.05. The van der Waals surface area contributed by atoms with Crippen LogP contribution in [0, 0.1) is 5.92 Å². The average molecular weight is 181 g/mol. The number of hydrogen-bond acceptors (Lipinski definition) is 2. The number of Topliss-reactive ketones (excluding diaryl/α,β-unsaturated/α-hetero) is 1. The summed E-state index contributed by atoms with van der Waals surface area (Å²) in [4.78, 5) is 11.7. The van der Waals surface area contributed by atoms with Crippen LogP contribution < -0.4 is 5.73 Å². The zero-order valence-corrected chi connectivity index (χ0v) is 8.38. The Bertz CT molecular complexity index is 210. The number of hydrogen-bond donors (Lipinski definition) is 1. The van der Waals surface area contributed by atoms with E-state index in [1.165, 1.54) is 12.8 Å². The lowest BCUT2D eigenvalue weighted by Crippen LogP contribution is -2.34. The summed E-state index contributed by atoms with van der Waals surface area (Å²) < 4.78 is 0. The van der Waals surface area contributed by atoms with Gasteiger partial charge in [-0.2, -0.15) is 0 Å². The topological polar surface area (TPSA) is 43.1 Å². The normalized spacial score (nSPS) is 29.4. The number of carbonyl (C=O) groups excluding carboxylic acids is 1. The molecule has 0 saturated heterocycles. The Labute approximate surface area is 80.2 Å². The van der Waals surface area contributed by atoms with Gasteiger partial charge in [0, 0.05) is 12.0 Å². The third-order valence-electron chi connectivity index (χ3n) is 2.83. The summed E-state index contributed by atoms with van der Waals surface area (Å²) in [5.74, 6) is 0.217. The van der Waals surface area contributed by atoms with Crippen molar-refractivity contribution in [3.05, 3.63) is 12.2 Å². The summed E-state index contributed by atoms with van der Waals surface area (Å²) in [6.07, 6.45) is 5.46. The molecule has 2 atom stereocenters. The van der Waals surface area contributed by atoms with E-state index in [2.05, 4.69) is 6.58 Å². The van der Waals surface area contributed by atoms with Crippen LogP contribution >= 0.6 is 0 Å². The van der Waals surface area contributed by atoms with Crippen molar-refractivity contribution >= 4 is 5.78 Å². The van der Waals surface area contributed by atoms with Crippen LogP contribution in [0.4, 0.5) is 0 Å². The molecular formula is C11H19NO. The first-order valence-electron chi connectivity index (χ1n) is 5.08. The highest BCUT2D eigenvalue weighted by molar-refractivity contribution is 5.96. The molecule has 0 aromatic rings. The van der Waals surface area contributed by atoms with E-state index in [1.54, 1.807) is 6.92 Å². The largest absolute Gasteiger partial charge is 0.327 e. The van der Waals surface area contributed by atoms with Gasteiger partial charge in [-0.25, -0.2) is 0 Å². The number of nitrogens with two attached hydrogens (primary N) is 1. The van der Waals surface area contributed by atoms with Gasteiger partial charge in [0.15, 0.2) is 5.78 Å². The minimum atomic E-state index is 0.0417. The maximum absolute atomic E-state index is 11.7. The van der Waals surface area contributed by atoms with Crippen LogP contribution in [-0.4, -0.2) is 11.8 Å². The van der Waals surface area contributed by atoms with E-state index in [-0.39, 0.29) is 17.7 Å². The van der Waals surface area contributed by atoms with E-state index in [9.17, 15) is 4.79 Å². The number of carbonyl (C=O) groups is 1. The van der Waals surface area contributed by atoms with Crippen molar-refractivity contribution < 1.29 is 4.79 Å². The average Bonchev–Trinajstić information content (AvgIpc) is 2.28. The SMILES string of the molecule is C=C(C)C(=O)C1CCCCCC1N. The van der Waals surface area contributed by atoms with Crippen LogP contribution in [0.1, 0.15) is 39.0 Å². The second kappa shape index (κ2) is 4.56. The van der Waals surface area contributed by atoms with E-state index in [0.29, 0.717) is 5.57 Å². The maximum atomic E-state index is 11.7. The maximum Gasteiger partial charge on any atom is 0.162 e. The van der Waals surface area contributed by atoms with Gasteiger partial charge < -0.3 is 5.73 Å². The van der Waals surface area contributed by atoms with E-state index in [4.69, 9.17) is 5.73 Å². The zero-order chi connectivity index (χ0) is 9.84. The molecule has 0 aliphatic heterocycles. The van der Waals surface area contributed by atoms with Gasteiger partial charge in [-0.15, -0.1) is 0 Å². The monoisotopic (exact) mass is 181 g/mol. The van der Waals surface area contributed by atoms with E-state index in [1.807, 2.05) is 0 Å². The molecule has 0 bridgehead atoms. The van der Waals surface area contributed by atoms with Crippen molar-refractivity contribution in [1.29, 1.82) is 0 Å². The van der Waals surface area contributed by atoms with Crippen LogP contribution in [0.15, 0.2) is 12.2 Å². The highest BCUT2D eigenvalue weighted by atomic mass is 16.1. The Morgan fingerprint density at radius 3 is 2.54 bits per heavy atom. The number of allylic oxidation sites excluding steroid dienone is 1. The summed E-state index contributed by atoms with van der Waals surface area (Å²) in [5.41, 5.74) is 6.61. The molecule has 0 radical (unpaired) electrons. The molecule has 1 saturated carbocycles. The third kappa shape index (κ3) is 2.66. The van der Waals surface area contributed by atoms with Crippen LogP contribution in [0.5, 0.6) is 0 Å². The minimum Gasteiger partial charge on any atom is -0.327 e. The molecule has 13 heavy (non-hydrogen) atoms. The molecule has 1 aliphatic rings. The molecular weight excluding hydrogens is 162 g/mol. The van der Waals surface area contributed by atoms with Gasteiger partial charge in [-0.1, -0.05) is 25.8 Å². The van der Waals surface area contributed by atoms with E-state index in [0.717, 1.165) is 19.3 Å². The van der Waals surface area contributed by atoms with Crippen molar-refractivity contribution in [2.45, 2.75) is 45.1 Å². The molecule has 0 amide bonds. The van der Waals surface area contributed by atoms with Gasteiger partial charge >= 0.3 is 0 Å². The molecule has 1 rings (SSSR count). The molecule has 0 heterocycles. The molecule has 0 aromatic heterocycles. The van der Waals surface area contributed by atoms with Crippen LogP contribution in [0.25, 0.3) is 0 Å². The predicted octanol–water partition coefficient (Wildman–Crippen LogP) is 2.04. The predicted molar refractivity (Wildman–Crippen MR) is 54.4 cm³/mol. The van der Waals surface area contributed by atoms with Gasteiger partial charge in [0.1, 0.15) is 0 Å². The Hall–Kier alpha value is -0.630. The van der Waals surface area contributed by atoms with Crippen molar-refractivity contribution in [3.63, 3.8) is 0 Å². The van der Waals surface area contributed by atoms with Crippen molar-refractivity contribution in [3.8, 4) is 0 Å². The van der Waals surface area contributed by atoms with Gasteiger partial charge in [0.05, 0.1) is 0 Å². The van der Waals surface area contributed by atoms with Crippen molar-refractivity contribution in [2.75, 3.05) is 0 Å². The summed E-state index contributed by atoms with van der Waals surface area (Å²) in [5, 5.41) is 0. The number of rotatable bonds is 2. The minimum absolute atomic E-state index is 0.0417. The first kappa shape index (κ1) is 10.5. The smallest absolute Gasteiger partial charge is 0.162 e. The summed E-state index contributed by atoms with van der Waals surface area (Å²) >= 11 is 0. The van der Waals surface area contributed by atoms with Gasteiger partial charge in [-0.05, 0) is 25.3 Å². The molecule has 0 spiro atoms. The molecule has 2 heteroatoms. The lowest BCUT2D eigenvalue weighted by Gasteiger charge is -2.19. The summed E-state index contributed by atoms with van der Waals surface area (Å²) in [7, 11) is 0. The zero-order valence-electron chi connectivity index (χ0n) is 8.38. The Balaban J connectivity index is 2.64. The Kier molecular flexibility index (Phi) is 3.67. The molecule has 1 fully saturated rings. The van der Waals surface area contributed by atoms with Gasteiger partial charge in [0.2, 0.25) is 0 Å². The quantitative estimate of drug-likeness (QED) is 0.523. The first-order chi connectivity index (χ1) is 6.13. The molecule has 2 nitrogen and oxygen atoms in total. The second-order valence-corrected chi connectivity index (χ2v) is 4.05. The highest BCUT2D eigenvalue weighted by Crippen LogP contribution is 2.24. The van der Waals surface area contributed by atoms with Crippen molar-refractivity contribution in [2.24, 2.45) is 11.7 Å². The fourth-order valence-corrected chi connectivity index (χ4v) is 1.98. The van der Waals surface area contributed by atoms with Crippen LogP contribution in [0.3, 0.4) is 0 Å². The first-order valence-corrected chi connectivity index (χ1v) is 5.08. The molecule has 74 valence electrons. The van der Waals surface area contributed by atoms with E-state index < -0.39 is 0 Å². The molecule has 0 aromatic carbocycles. The summed E-state index contributed by atoms with van der Waals surface area (Å²) in [6, 6.07) is 0.0618. The molecule has 1 aliphatic carbocycles. The molecule has 2 N–H and O–H groups in total. The highest BCUT2D eigenvalue weighted by Gasteiger charge is 2.26. The van der Waals surface area contributed by atoms with Gasteiger partial charge in [0.25, 0.3) is 0 Å². The van der Waals surface area contributed by atoms with Crippen molar-refractivity contribution in [1.82, 2.24) is 0 Å². The van der Waals surface area contributed by atoms with E-state index >= 15 is 0 Å². The standard InChI is InChI=1S/C11H19NO/c1-8(2)11(13)9-6-4-3-5-7-10(9)12/h9-10H,1,3-7,12H2,2H3. The molecule has 2 unspecified atom stereocenters. The van der Waals surface area contributed by atoms with Crippen LogP contribution in [0.2, 0.25) is 0 Å². The summed E-state index contributed by atoms with van der Waals surface area (Å²) in [6.45, 7) is 5.47. The number of ketones is 1. The lowest BCUT2D eigenvalue weighted by molar-refractivity contribution is -0.119. The van der Waals surface area contributed by atoms with Crippen LogP contribution in [-0.2, 0) is 4.79 Å². The van der Waals surface area contributed by atoms with Gasteiger partial charge in [-0.3, -0.25) is 4.79 Å². The Morgan fingerprint density at radius 1 is 1.31 bits per heavy atom. The Morgan fingerprint density at radius 2 is 1.92 bits per heavy atom. The fraction of sp³-hybridized carbons (Fsp3) is 0.727.